The van der Waals surface area contributed by atoms with E-state index in [-0.39, 0.29) is 24.5 Å². The topological polar surface area (TPSA) is 61.4 Å². The molecule has 2 rings (SSSR count). The third-order valence-electron chi connectivity index (χ3n) is 3.13. The highest BCUT2D eigenvalue weighted by atomic mass is 16.3. The molecule has 1 amide bonds. The Labute approximate surface area is 101 Å². The van der Waals surface area contributed by atoms with Gasteiger partial charge in [0.05, 0.1) is 18.6 Å². The summed E-state index contributed by atoms with van der Waals surface area (Å²) in [7, 11) is 0. The molecule has 0 aliphatic carbocycles. The van der Waals surface area contributed by atoms with Gasteiger partial charge in [0.25, 0.3) is 0 Å². The summed E-state index contributed by atoms with van der Waals surface area (Å²) >= 11 is 0. The van der Waals surface area contributed by atoms with Crippen LogP contribution in [-0.2, 0) is 4.79 Å². The number of aliphatic hydroxyl groups is 1. The van der Waals surface area contributed by atoms with Crippen LogP contribution in [0.2, 0.25) is 0 Å². The first kappa shape index (κ1) is 12.1. The number of carbonyl (C=O) groups is 1. The van der Waals surface area contributed by atoms with Crippen LogP contribution in [-0.4, -0.2) is 30.7 Å². The highest BCUT2D eigenvalue weighted by Gasteiger charge is 2.24. The van der Waals surface area contributed by atoms with Crippen LogP contribution in [0.1, 0.15) is 18.0 Å². The van der Waals surface area contributed by atoms with Crippen LogP contribution in [0.5, 0.6) is 0 Å². The highest BCUT2D eigenvalue weighted by Crippen LogP contribution is 2.14. The van der Waals surface area contributed by atoms with Crippen molar-refractivity contribution < 1.29 is 9.90 Å². The Hall–Kier alpha value is -1.39. The summed E-state index contributed by atoms with van der Waals surface area (Å²) in [5.41, 5.74) is 0.939. The number of carbonyl (C=O) groups excluding carboxylic acids is 1. The van der Waals surface area contributed by atoms with Crippen molar-refractivity contribution in [2.24, 2.45) is 5.92 Å². The molecule has 1 unspecified atom stereocenters. The molecule has 4 heteroatoms. The predicted molar refractivity (Wildman–Crippen MR) is 65.4 cm³/mol. The number of benzene rings is 1. The van der Waals surface area contributed by atoms with E-state index in [1.54, 1.807) is 0 Å². The number of rotatable bonds is 4. The van der Waals surface area contributed by atoms with Gasteiger partial charge in [-0.15, -0.1) is 0 Å². The van der Waals surface area contributed by atoms with Gasteiger partial charge in [-0.05, 0) is 18.5 Å². The Bertz CT molecular complexity index is 361. The van der Waals surface area contributed by atoms with Gasteiger partial charge in [0, 0.05) is 6.54 Å². The summed E-state index contributed by atoms with van der Waals surface area (Å²) < 4.78 is 0. The quantitative estimate of drug-likeness (QED) is 0.708. The molecule has 17 heavy (non-hydrogen) atoms. The zero-order valence-electron chi connectivity index (χ0n) is 9.73. The molecule has 2 atom stereocenters. The summed E-state index contributed by atoms with van der Waals surface area (Å²) in [6.07, 6.45) is 0.874. The van der Waals surface area contributed by atoms with Crippen LogP contribution in [0.4, 0.5) is 0 Å². The summed E-state index contributed by atoms with van der Waals surface area (Å²) in [6, 6.07) is 9.25. The number of nitrogens with one attached hydrogen (secondary N) is 2. The second-order valence-electron chi connectivity index (χ2n) is 4.34. The summed E-state index contributed by atoms with van der Waals surface area (Å²) in [5.74, 6) is 0.0608. The van der Waals surface area contributed by atoms with E-state index >= 15 is 0 Å². The molecule has 1 aliphatic heterocycles. The van der Waals surface area contributed by atoms with Gasteiger partial charge < -0.3 is 15.7 Å². The maximum absolute atomic E-state index is 11.9. The molecule has 1 aliphatic rings. The average molecular weight is 234 g/mol. The lowest BCUT2D eigenvalue weighted by Crippen LogP contribution is -2.36. The lowest BCUT2D eigenvalue weighted by Gasteiger charge is -2.18. The maximum atomic E-state index is 11.9. The van der Waals surface area contributed by atoms with Crippen molar-refractivity contribution in [2.45, 2.75) is 12.5 Å². The molecule has 4 nitrogen and oxygen atoms in total. The van der Waals surface area contributed by atoms with Crippen molar-refractivity contribution >= 4 is 5.91 Å². The molecule has 0 bridgehead atoms. The monoisotopic (exact) mass is 234 g/mol. The fraction of sp³-hybridized carbons (Fsp3) is 0.462. The molecule has 1 saturated heterocycles. The van der Waals surface area contributed by atoms with E-state index in [0.29, 0.717) is 0 Å². The molecule has 1 heterocycles. The van der Waals surface area contributed by atoms with Crippen LogP contribution in [0.25, 0.3) is 0 Å². The van der Waals surface area contributed by atoms with Crippen molar-refractivity contribution in [3.05, 3.63) is 35.9 Å². The molecule has 0 saturated carbocycles. The fourth-order valence-corrected chi connectivity index (χ4v) is 2.09. The lowest BCUT2D eigenvalue weighted by atomic mass is 10.0. The van der Waals surface area contributed by atoms with Crippen molar-refractivity contribution in [3.63, 3.8) is 0 Å². The molecule has 92 valence electrons. The summed E-state index contributed by atoms with van der Waals surface area (Å²) in [5, 5.41) is 15.4. The Morgan fingerprint density at radius 3 is 2.82 bits per heavy atom. The molecular formula is C13H18N2O2. The standard InChI is InChI=1S/C13H18N2O2/c16-9-12(10-4-2-1-3-5-10)15-13(17)11-6-7-14-8-11/h1-5,11-12,14,16H,6-9H2,(H,15,17)/t11?,12-/m1/s1. The van der Waals surface area contributed by atoms with E-state index in [2.05, 4.69) is 10.6 Å². The second kappa shape index (κ2) is 5.80. The van der Waals surface area contributed by atoms with E-state index in [9.17, 15) is 9.90 Å². The van der Waals surface area contributed by atoms with Crippen molar-refractivity contribution in [3.8, 4) is 0 Å². The first-order chi connectivity index (χ1) is 8.31. The van der Waals surface area contributed by atoms with Crippen LogP contribution in [0, 0.1) is 5.92 Å². The predicted octanol–water partition coefficient (Wildman–Crippen LogP) is 0.446. The lowest BCUT2D eigenvalue weighted by molar-refractivity contribution is -0.125. The van der Waals surface area contributed by atoms with Gasteiger partial charge in [0.15, 0.2) is 0 Å². The van der Waals surface area contributed by atoms with Gasteiger partial charge in [-0.1, -0.05) is 30.3 Å². The van der Waals surface area contributed by atoms with E-state index in [0.717, 1.165) is 25.1 Å². The van der Waals surface area contributed by atoms with E-state index < -0.39 is 0 Å². The zero-order valence-corrected chi connectivity index (χ0v) is 9.73. The molecule has 0 spiro atoms. The van der Waals surface area contributed by atoms with Gasteiger partial charge >= 0.3 is 0 Å². The minimum atomic E-state index is -0.302. The van der Waals surface area contributed by atoms with E-state index in [4.69, 9.17) is 0 Å². The maximum Gasteiger partial charge on any atom is 0.225 e. The Morgan fingerprint density at radius 2 is 2.24 bits per heavy atom. The Balaban J connectivity index is 1.97. The zero-order chi connectivity index (χ0) is 12.1. The minimum absolute atomic E-state index is 0.0258. The van der Waals surface area contributed by atoms with Crippen molar-refractivity contribution in [2.75, 3.05) is 19.7 Å². The van der Waals surface area contributed by atoms with Gasteiger partial charge in [0.2, 0.25) is 5.91 Å². The average Bonchev–Trinajstić information content (AvgIpc) is 2.90. The Morgan fingerprint density at radius 1 is 1.47 bits per heavy atom. The van der Waals surface area contributed by atoms with Gasteiger partial charge in [-0.25, -0.2) is 0 Å². The highest BCUT2D eigenvalue weighted by molar-refractivity contribution is 5.79. The number of hydrogen-bond acceptors (Lipinski definition) is 3. The first-order valence-corrected chi connectivity index (χ1v) is 5.98. The fourth-order valence-electron chi connectivity index (χ4n) is 2.09. The van der Waals surface area contributed by atoms with Gasteiger partial charge in [-0.3, -0.25) is 4.79 Å². The normalized spacial score (nSPS) is 21.1. The van der Waals surface area contributed by atoms with E-state index in [1.807, 2.05) is 30.3 Å². The van der Waals surface area contributed by atoms with Crippen LogP contribution in [0.15, 0.2) is 30.3 Å². The van der Waals surface area contributed by atoms with Crippen LogP contribution < -0.4 is 10.6 Å². The molecule has 1 aromatic carbocycles. The third-order valence-corrected chi connectivity index (χ3v) is 3.13. The van der Waals surface area contributed by atoms with Crippen LogP contribution in [0.3, 0.4) is 0 Å². The molecule has 3 N–H and O–H groups in total. The Kier molecular flexibility index (Phi) is 4.12. The first-order valence-electron chi connectivity index (χ1n) is 5.98. The van der Waals surface area contributed by atoms with Crippen molar-refractivity contribution in [1.82, 2.24) is 10.6 Å². The number of amides is 1. The summed E-state index contributed by atoms with van der Waals surface area (Å²) in [6.45, 7) is 1.56. The van der Waals surface area contributed by atoms with Crippen LogP contribution >= 0.6 is 0 Å². The molecule has 0 aromatic heterocycles. The molecule has 0 radical (unpaired) electrons. The third kappa shape index (κ3) is 3.05. The number of aliphatic hydroxyl groups excluding tert-OH is 1. The van der Waals surface area contributed by atoms with Gasteiger partial charge in [-0.2, -0.15) is 0 Å². The summed E-state index contributed by atoms with van der Waals surface area (Å²) in [4.78, 5) is 11.9. The molecule has 1 fully saturated rings. The molecular weight excluding hydrogens is 216 g/mol. The largest absolute Gasteiger partial charge is 0.394 e. The smallest absolute Gasteiger partial charge is 0.225 e. The van der Waals surface area contributed by atoms with Crippen molar-refractivity contribution in [1.29, 1.82) is 0 Å². The SMILES string of the molecule is O=C(N[C@H](CO)c1ccccc1)C1CCNC1. The second-order valence-corrected chi connectivity index (χ2v) is 4.34. The van der Waals surface area contributed by atoms with Gasteiger partial charge in [0.1, 0.15) is 0 Å². The molecule has 1 aromatic rings. The van der Waals surface area contributed by atoms with E-state index in [1.165, 1.54) is 0 Å². The number of hydrogen-bond donors (Lipinski definition) is 3. The minimum Gasteiger partial charge on any atom is -0.394 e.